The maximum atomic E-state index is 12.3. The lowest BCUT2D eigenvalue weighted by Crippen LogP contribution is -2.45. The Morgan fingerprint density at radius 3 is 2.27 bits per heavy atom. The number of fused-ring (bicyclic) bond motifs is 1. The predicted molar refractivity (Wildman–Crippen MR) is 78.6 cm³/mol. The van der Waals surface area contributed by atoms with Crippen LogP contribution < -0.4 is 0 Å². The molecule has 1 aromatic carbocycles. The van der Waals surface area contributed by atoms with Gasteiger partial charge in [-0.05, 0) is 31.9 Å². The Balaban J connectivity index is 1.70. The molecule has 1 saturated carbocycles. The van der Waals surface area contributed by atoms with Crippen LogP contribution in [0.15, 0.2) is 24.3 Å². The molecule has 1 fully saturated rings. The molecule has 0 bridgehead atoms. The molecule has 1 aliphatic heterocycles. The van der Waals surface area contributed by atoms with Crippen LogP contribution in [0.5, 0.6) is 0 Å². The van der Waals surface area contributed by atoms with Gasteiger partial charge in [0.15, 0.2) is 0 Å². The van der Waals surface area contributed by atoms with Gasteiger partial charge in [-0.25, -0.2) is 0 Å². The van der Waals surface area contributed by atoms with Crippen LogP contribution in [0.1, 0.15) is 40.5 Å². The molecule has 2 aliphatic rings. The summed E-state index contributed by atoms with van der Waals surface area (Å²) >= 11 is 0. The summed E-state index contributed by atoms with van der Waals surface area (Å²) in [5, 5.41) is 9.18. The molecule has 0 radical (unpaired) electrons. The van der Waals surface area contributed by atoms with Crippen molar-refractivity contribution >= 4 is 17.8 Å². The van der Waals surface area contributed by atoms with Gasteiger partial charge in [0.2, 0.25) is 0 Å². The van der Waals surface area contributed by atoms with Crippen LogP contribution in [0, 0.1) is 0 Å². The molecule has 1 aliphatic carbocycles. The van der Waals surface area contributed by atoms with Gasteiger partial charge in [0.05, 0.1) is 11.1 Å². The molecule has 0 aromatic heterocycles. The van der Waals surface area contributed by atoms with Crippen molar-refractivity contribution in [3.05, 3.63) is 35.4 Å². The molecule has 6 heteroatoms. The average molecular weight is 302 g/mol. The molecular weight excluding hydrogens is 284 g/mol. The van der Waals surface area contributed by atoms with Gasteiger partial charge < -0.3 is 5.11 Å². The van der Waals surface area contributed by atoms with E-state index in [1.54, 1.807) is 31.2 Å². The van der Waals surface area contributed by atoms with Crippen molar-refractivity contribution in [1.29, 1.82) is 0 Å². The Morgan fingerprint density at radius 2 is 1.82 bits per heavy atom. The first-order chi connectivity index (χ1) is 10.5. The second kappa shape index (κ2) is 5.53. The molecule has 1 atom stereocenters. The molecule has 3 rings (SSSR count). The van der Waals surface area contributed by atoms with E-state index in [4.69, 9.17) is 0 Å². The van der Waals surface area contributed by atoms with Crippen molar-refractivity contribution in [3.8, 4) is 0 Å². The number of carbonyl (C=O) groups excluding carboxylic acids is 2. The van der Waals surface area contributed by atoms with E-state index in [-0.39, 0.29) is 24.4 Å². The van der Waals surface area contributed by atoms with Crippen molar-refractivity contribution < 1.29 is 19.5 Å². The van der Waals surface area contributed by atoms with Crippen LogP contribution in [0.3, 0.4) is 0 Å². The van der Waals surface area contributed by atoms with Crippen molar-refractivity contribution in [2.45, 2.75) is 31.8 Å². The van der Waals surface area contributed by atoms with Crippen LogP contribution in [0.25, 0.3) is 0 Å². The van der Waals surface area contributed by atoms with E-state index in [1.807, 2.05) is 4.90 Å². The third-order valence-electron chi connectivity index (χ3n) is 4.33. The van der Waals surface area contributed by atoms with E-state index in [2.05, 4.69) is 0 Å². The lowest BCUT2D eigenvalue weighted by atomic mass is 10.1. The fourth-order valence-electron chi connectivity index (χ4n) is 2.90. The highest BCUT2D eigenvalue weighted by atomic mass is 16.4. The molecule has 0 spiro atoms. The quantitative estimate of drug-likeness (QED) is 0.799. The summed E-state index contributed by atoms with van der Waals surface area (Å²) in [5.74, 6) is -1.46. The molecule has 0 saturated heterocycles. The van der Waals surface area contributed by atoms with E-state index in [0.717, 1.165) is 12.8 Å². The highest BCUT2D eigenvalue weighted by molar-refractivity contribution is 6.21. The molecular formula is C16H18N2O4. The molecule has 1 N–H and O–H groups in total. The summed E-state index contributed by atoms with van der Waals surface area (Å²) in [6, 6.07) is 6.40. The van der Waals surface area contributed by atoms with Crippen LogP contribution in [-0.4, -0.2) is 57.9 Å². The largest absolute Gasteiger partial charge is 0.480 e. The number of carboxylic acid groups (broad SMARTS) is 1. The number of carboxylic acids is 1. The summed E-state index contributed by atoms with van der Waals surface area (Å²) in [6.07, 6.45) is 1.94. The third-order valence-corrected chi connectivity index (χ3v) is 4.33. The van der Waals surface area contributed by atoms with E-state index in [0.29, 0.717) is 17.7 Å². The number of amides is 2. The third kappa shape index (κ3) is 2.50. The van der Waals surface area contributed by atoms with Crippen molar-refractivity contribution in [2.24, 2.45) is 0 Å². The highest BCUT2D eigenvalue weighted by Gasteiger charge is 2.38. The number of carbonyl (C=O) groups is 3. The van der Waals surface area contributed by atoms with E-state index in [1.165, 1.54) is 4.90 Å². The number of rotatable bonds is 6. The summed E-state index contributed by atoms with van der Waals surface area (Å²) in [4.78, 5) is 38.8. The minimum absolute atomic E-state index is 0.223. The van der Waals surface area contributed by atoms with Crippen LogP contribution in [0.4, 0.5) is 0 Å². The van der Waals surface area contributed by atoms with Gasteiger partial charge in [-0.15, -0.1) is 0 Å². The Morgan fingerprint density at radius 1 is 1.27 bits per heavy atom. The molecule has 6 nitrogen and oxygen atoms in total. The van der Waals surface area contributed by atoms with E-state index in [9.17, 15) is 19.5 Å². The van der Waals surface area contributed by atoms with Gasteiger partial charge in [-0.2, -0.15) is 0 Å². The highest BCUT2D eigenvalue weighted by Crippen LogP contribution is 2.29. The zero-order valence-corrected chi connectivity index (χ0v) is 12.4. The average Bonchev–Trinajstić information content (AvgIpc) is 3.31. The summed E-state index contributed by atoms with van der Waals surface area (Å²) in [5.41, 5.74) is 0.855. The lowest BCUT2D eigenvalue weighted by molar-refractivity contribution is -0.142. The van der Waals surface area contributed by atoms with E-state index >= 15 is 0 Å². The SMILES string of the molecule is CC(C(=O)O)N(CCN1C(=O)c2ccccc2C1=O)C1CC1. The molecule has 116 valence electrons. The number of nitrogens with zero attached hydrogens (tertiary/aromatic N) is 2. The Hall–Kier alpha value is -2.21. The minimum atomic E-state index is -0.880. The maximum absolute atomic E-state index is 12.3. The van der Waals surface area contributed by atoms with Crippen molar-refractivity contribution in [2.75, 3.05) is 13.1 Å². The predicted octanol–water partition coefficient (Wildman–Crippen LogP) is 1.22. The Kier molecular flexibility index (Phi) is 3.70. The summed E-state index contributed by atoms with van der Waals surface area (Å²) in [7, 11) is 0. The second-order valence-electron chi connectivity index (χ2n) is 5.79. The number of aliphatic carboxylic acids is 1. The number of imide groups is 1. The van der Waals surface area contributed by atoms with Crippen molar-refractivity contribution in [1.82, 2.24) is 9.80 Å². The smallest absolute Gasteiger partial charge is 0.320 e. The topological polar surface area (TPSA) is 77.9 Å². The molecule has 2 amide bonds. The van der Waals surface area contributed by atoms with Gasteiger partial charge in [-0.3, -0.25) is 24.2 Å². The first kappa shape index (κ1) is 14.7. The standard InChI is InChI=1S/C16H18N2O4/c1-10(16(21)22)17(11-6-7-11)8-9-18-14(19)12-4-2-3-5-13(12)15(18)20/h2-5,10-11H,6-9H2,1H3,(H,21,22). The van der Waals surface area contributed by atoms with Gasteiger partial charge in [0.25, 0.3) is 11.8 Å². The van der Waals surface area contributed by atoms with Gasteiger partial charge in [0.1, 0.15) is 6.04 Å². The second-order valence-corrected chi connectivity index (χ2v) is 5.79. The lowest BCUT2D eigenvalue weighted by Gasteiger charge is -2.27. The number of benzene rings is 1. The first-order valence-corrected chi connectivity index (χ1v) is 7.44. The zero-order valence-electron chi connectivity index (χ0n) is 12.4. The number of hydrogen-bond acceptors (Lipinski definition) is 4. The molecule has 22 heavy (non-hydrogen) atoms. The van der Waals surface area contributed by atoms with Gasteiger partial charge in [0, 0.05) is 19.1 Å². The first-order valence-electron chi connectivity index (χ1n) is 7.44. The fraction of sp³-hybridized carbons (Fsp3) is 0.438. The van der Waals surface area contributed by atoms with Crippen LogP contribution in [-0.2, 0) is 4.79 Å². The summed E-state index contributed by atoms with van der Waals surface area (Å²) in [6.45, 7) is 2.26. The van der Waals surface area contributed by atoms with Crippen LogP contribution in [0.2, 0.25) is 0 Å². The Bertz CT molecular complexity index is 604. The van der Waals surface area contributed by atoms with Gasteiger partial charge >= 0.3 is 5.97 Å². The maximum Gasteiger partial charge on any atom is 0.320 e. The molecule has 1 unspecified atom stereocenters. The van der Waals surface area contributed by atoms with Crippen LogP contribution >= 0.6 is 0 Å². The molecule has 1 aromatic rings. The Labute approximate surface area is 128 Å². The molecule has 1 heterocycles. The normalized spacial score (nSPS) is 18.7. The van der Waals surface area contributed by atoms with Gasteiger partial charge in [-0.1, -0.05) is 12.1 Å². The van der Waals surface area contributed by atoms with E-state index < -0.39 is 12.0 Å². The summed E-state index contributed by atoms with van der Waals surface area (Å²) < 4.78 is 0. The van der Waals surface area contributed by atoms with Crippen molar-refractivity contribution in [3.63, 3.8) is 0 Å². The monoisotopic (exact) mass is 302 g/mol. The minimum Gasteiger partial charge on any atom is -0.480 e. The fourth-order valence-corrected chi connectivity index (χ4v) is 2.90. The number of hydrogen-bond donors (Lipinski definition) is 1. The zero-order chi connectivity index (χ0) is 15.9.